The highest BCUT2D eigenvalue weighted by Gasteiger charge is 2.23. The molecule has 1 heterocycles. The van der Waals surface area contributed by atoms with Gasteiger partial charge in [-0.3, -0.25) is 13.9 Å². The van der Waals surface area contributed by atoms with Gasteiger partial charge >= 0.3 is 0 Å². The summed E-state index contributed by atoms with van der Waals surface area (Å²) in [6.45, 7) is 0.525. The predicted molar refractivity (Wildman–Crippen MR) is 114 cm³/mol. The number of para-hydroxylation sites is 1. The van der Waals surface area contributed by atoms with E-state index >= 15 is 0 Å². The minimum atomic E-state index is -3.70. The van der Waals surface area contributed by atoms with Crippen molar-refractivity contribution in [3.05, 3.63) is 59.1 Å². The van der Waals surface area contributed by atoms with Gasteiger partial charge in [0, 0.05) is 25.2 Å². The second kappa shape index (κ2) is 8.84. The molecule has 9 heteroatoms. The Bertz CT molecular complexity index is 1030. The second-order valence-electron chi connectivity index (χ2n) is 6.82. The monoisotopic (exact) mass is 435 g/mol. The number of sulfonamides is 1. The molecule has 0 atom stereocenters. The molecular formula is C20H22ClN3O4S. The van der Waals surface area contributed by atoms with Crippen LogP contribution in [0.4, 0.5) is 11.4 Å². The van der Waals surface area contributed by atoms with E-state index in [1.807, 2.05) is 24.3 Å². The van der Waals surface area contributed by atoms with Crippen LogP contribution in [-0.2, 0) is 26.2 Å². The fraction of sp³-hybridized carbons (Fsp3) is 0.300. The lowest BCUT2D eigenvalue weighted by atomic mass is 10.2. The van der Waals surface area contributed by atoms with Gasteiger partial charge in [0.1, 0.15) is 6.54 Å². The highest BCUT2D eigenvalue weighted by atomic mass is 35.5. The van der Waals surface area contributed by atoms with E-state index in [9.17, 15) is 18.0 Å². The molecule has 0 aliphatic carbocycles. The Morgan fingerprint density at radius 1 is 1.21 bits per heavy atom. The lowest BCUT2D eigenvalue weighted by molar-refractivity contribution is -0.120. The first kappa shape index (κ1) is 21.1. The number of amides is 2. The molecule has 0 unspecified atom stereocenters. The summed E-state index contributed by atoms with van der Waals surface area (Å²) in [7, 11) is -3.70. The molecule has 0 radical (unpaired) electrons. The summed E-state index contributed by atoms with van der Waals surface area (Å²) in [5, 5.41) is 2.97. The molecule has 1 saturated heterocycles. The van der Waals surface area contributed by atoms with Gasteiger partial charge in [0.2, 0.25) is 21.8 Å². The first-order valence-electron chi connectivity index (χ1n) is 9.14. The first-order chi connectivity index (χ1) is 13.8. The van der Waals surface area contributed by atoms with Gasteiger partial charge in [-0.25, -0.2) is 8.42 Å². The standard InChI is InChI=1S/C20H22ClN3O4S/c1-29(27,28)24(18-9-3-2-8-17(18)21)14-19(25)22-13-15-6-4-7-16(12-15)23-11-5-10-20(23)26/h2-4,6-9,12H,5,10-11,13-14H2,1H3,(H,22,25). The number of nitrogens with zero attached hydrogens (tertiary/aromatic N) is 2. The van der Waals surface area contributed by atoms with Crippen molar-refractivity contribution in [3.63, 3.8) is 0 Å². The zero-order chi connectivity index (χ0) is 21.0. The van der Waals surface area contributed by atoms with Crippen molar-refractivity contribution in [3.8, 4) is 0 Å². The number of rotatable bonds is 7. The van der Waals surface area contributed by atoms with E-state index in [1.54, 1.807) is 29.2 Å². The average Bonchev–Trinajstić information content (AvgIpc) is 3.10. The second-order valence-corrected chi connectivity index (χ2v) is 9.13. The predicted octanol–water partition coefficient (Wildman–Crippen LogP) is 2.55. The Hall–Kier alpha value is -2.58. The quantitative estimate of drug-likeness (QED) is 0.724. The van der Waals surface area contributed by atoms with Crippen LogP contribution in [-0.4, -0.2) is 39.6 Å². The molecule has 0 saturated carbocycles. The molecular weight excluding hydrogens is 414 g/mol. The maximum Gasteiger partial charge on any atom is 0.241 e. The number of benzene rings is 2. The third-order valence-corrected chi connectivity index (χ3v) is 6.04. The van der Waals surface area contributed by atoms with Gasteiger partial charge in [-0.1, -0.05) is 35.9 Å². The van der Waals surface area contributed by atoms with E-state index in [-0.39, 0.29) is 29.7 Å². The van der Waals surface area contributed by atoms with Gasteiger partial charge in [-0.15, -0.1) is 0 Å². The number of hydrogen-bond acceptors (Lipinski definition) is 4. The lowest BCUT2D eigenvalue weighted by Crippen LogP contribution is -2.40. The summed E-state index contributed by atoms with van der Waals surface area (Å²) in [5.41, 5.74) is 1.87. The van der Waals surface area contributed by atoms with Crippen molar-refractivity contribution < 1.29 is 18.0 Å². The summed E-state index contributed by atoms with van der Waals surface area (Å²) in [5.74, 6) is -0.368. The smallest absolute Gasteiger partial charge is 0.241 e. The molecule has 2 aromatic carbocycles. The van der Waals surface area contributed by atoms with Crippen molar-refractivity contribution in [2.45, 2.75) is 19.4 Å². The molecule has 2 amide bonds. The van der Waals surface area contributed by atoms with Crippen LogP contribution in [0.3, 0.4) is 0 Å². The summed E-state index contributed by atoms with van der Waals surface area (Å²) in [6.07, 6.45) is 2.41. The summed E-state index contributed by atoms with van der Waals surface area (Å²) < 4.78 is 25.3. The molecule has 1 aliphatic heterocycles. The molecule has 7 nitrogen and oxygen atoms in total. The van der Waals surface area contributed by atoms with Gasteiger partial charge in [-0.05, 0) is 36.2 Å². The van der Waals surface area contributed by atoms with Crippen molar-refractivity contribution in [1.29, 1.82) is 0 Å². The molecule has 1 N–H and O–H groups in total. The summed E-state index contributed by atoms with van der Waals surface area (Å²) in [6, 6.07) is 13.8. The van der Waals surface area contributed by atoms with E-state index in [0.717, 1.165) is 28.2 Å². The van der Waals surface area contributed by atoms with Gasteiger partial charge in [0.25, 0.3) is 0 Å². The largest absolute Gasteiger partial charge is 0.350 e. The van der Waals surface area contributed by atoms with Crippen LogP contribution in [0, 0.1) is 0 Å². The molecule has 3 rings (SSSR count). The van der Waals surface area contributed by atoms with Crippen molar-refractivity contribution in [2.75, 3.05) is 28.6 Å². The third kappa shape index (κ3) is 5.27. The number of anilines is 2. The van der Waals surface area contributed by atoms with E-state index in [0.29, 0.717) is 13.0 Å². The van der Waals surface area contributed by atoms with Crippen molar-refractivity contribution >= 4 is 44.8 Å². The Kier molecular flexibility index (Phi) is 6.44. The molecule has 1 fully saturated rings. The van der Waals surface area contributed by atoms with Crippen molar-refractivity contribution in [1.82, 2.24) is 5.32 Å². The van der Waals surface area contributed by atoms with Crippen LogP contribution in [0.2, 0.25) is 5.02 Å². The van der Waals surface area contributed by atoms with Crippen LogP contribution in [0.25, 0.3) is 0 Å². The minimum Gasteiger partial charge on any atom is -0.350 e. The van der Waals surface area contributed by atoms with Crippen LogP contribution in [0.5, 0.6) is 0 Å². The maximum atomic E-state index is 12.4. The van der Waals surface area contributed by atoms with E-state index < -0.39 is 15.9 Å². The minimum absolute atomic E-state index is 0.0923. The first-order valence-corrected chi connectivity index (χ1v) is 11.4. The number of hydrogen-bond donors (Lipinski definition) is 1. The Morgan fingerprint density at radius 2 is 1.97 bits per heavy atom. The fourth-order valence-electron chi connectivity index (χ4n) is 3.18. The van der Waals surface area contributed by atoms with Crippen LogP contribution in [0.15, 0.2) is 48.5 Å². The zero-order valence-electron chi connectivity index (χ0n) is 16.0. The number of carbonyl (C=O) groups excluding carboxylic acids is 2. The molecule has 0 aromatic heterocycles. The number of carbonyl (C=O) groups is 2. The number of halogens is 1. The Morgan fingerprint density at radius 3 is 2.62 bits per heavy atom. The molecule has 154 valence electrons. The molecule has 0 spiro atoms. The molecule has 1 aliphatic rings. The van der Waals surface area contributed by atoms with Gasteiger partial charge in [0.15, 0.2) is 0 Å². The summed E-state index contributed by atoms with van der Waals surface area (Å²) >= 11 is 6.10. The van der Waals surface area contributed by atoms with Crippen LogP contribution < -0.4 is 14.5 Å². The van der Waals surface area contributed by atoms with Crippen LogP contribution >= 0.6 is 11.6 Å². The molecule has 0 bridgehead atoms. The number of nitrogens with one attached hydrogen (secondary N) is 1. The Balaban J connectivity index is 1.67. The van der Waals surface area contributed by atoms with E-state index in [4.69, 9.17) is 11.6 Å². The zero-order valence-corrected chi connectivity index (χ0v) is 17.5. The van der Waals surface area contributed by atoms with E-state index in [2.05, 4.69) is 5.32 Å². The fourth-order valence-corrected chi connectivity index (χ4v) is 4.33. The average molecular weight is 436 g/mol. The highest BCUT2D eigenvalue weighted by molar-refractivity contribution is 7.92. The third-order valence-electron chi connectivity index (χ3n) is 4.59. The SMILES string of the molecule is CS(=O)(=O)N(CC(=O)NCc1cccc(N2CCCC2=O)c1)c1ccccc1Cl. The normalized spacial score (nSPS) is 14.1. The maximum absolute atomic E-state index is 12.4. The molecule has 29 heavy (non-hydrogen) atoms. The van der Waals surface area contributed by atoms with E-state index in [1.165, 1.54) is 0 Å². The van der Waals surface area contributed by atoms with Gasteiger partial charge in [-0.2, -0.15) is 0 Å². The summed E-state index contributed by atoms with van der Waals surface area (Å²) in [4.78, 5) is 26.1. The van der Waals surface area contributed by atoms with Gasteiger partial charge in [0.05, 0.1) is 17.0 Å². The Labute approximate surface area is 175 Å². The van der Waals surface area contributed by atoms with Gasteiger partial charge < -0.3 is 10.2 Å². The topological polar surface area (TPSA) is 86.8 Å². The van der Waals surface area contributed by atoms with Crippen molar-refractivity contribution in [2.24, 2.45) is 0 Å². The van der Waals surface area contributed by atoms with Crippen LogP contribution in [0.1, 0.15) is 18.4 Å². The lowest BCUT2D eigenvalue weighted by Gasteiger charge is -2.23. The highest BCUT2D eigenvalue weighted by Crippen LogP contribution is 2.27. The molecule has 2 aromatic rings.